The minimum Gasteiger partial charge on any atom is -0.396 e. The molecule has 1 heterocycles. The van der Waals surface area contributed by atoms with Gasteiger partial charge in [-0.3, -0.25) is 4.79 Å². The van der Waals surface area contributed by atoms with E-state index in [1.165, 1.54) is 16.8 Å². The molecule has 2 rings (SSSR count). The summed E-state index contributed by atoms with van der Waals surface area (Å²) in [6.45, 7) is 3.86. The minimum absolute atomic E-state index is 0.00199. The predicted octanol–water partition coefficient (Wildman–Crippen LogP) is 2.53. The van der Waals surface area contributed by atoms with Crippen molar-refractivity contribution in [1.82, 2.24) is 15.1 Å². The van der Waals surface area contributed by atoms with E-state index in [1.54, 1.807) is 26.0 Å². The Hall–Kier alpha value is -1.92. The molecule has 0 radical (unpaired) electrons. The van der Waals surface area contributed by atoms with Gasteiger partial charge in [0.25, 0.3) is 5.91 Å². The third-order valence-corrected chi connectivity index (χ3v) is 3.86. The number of aromatic nitrogens is 2. The van der Waals surface area contributed by atoms with Crippen LogP contribution in [0.25, 0.3) is 0 Å². The van der Waals surface area contributed by atoms with Crippen LogP contribution in [0.2, 0.25) is 5.15 Å². The van der Waals surface area contributed by atoms with Crippen LogP contribution >= 0.6 is 11.6 Å². The summed E-state index contributed by atoms with van der Waals surface area (Å²) in [7, 11) is 0. The first-order chi connectivity index (χ1) is 10.9. The van der Waals surface area contributed by atoms with Gasteiger partial charge in [-0.15, -0.1) is 0 Å². The monoisotopic (exact) mass is 339 g/mol. The molecular weight excluding hydrogens is 321 g/mol. The van der Waals surface area contributed by atoms with Gasteiger partial charge in [0.2, 0.25) is 0 Å². The van der Waals surface area contributed by atoms with Crippen molar-refractivity contribution in [2.24, 2.45) is 0 Å². The Kier molecular flexibility index (Phi) is 5.74. The lowest BCUT2D eigenvalue weighted by molar-refractivity contribution is 0.0934. The molecule has 2 N–H and O–H groups in total. The van der Waals surface area contributed by atoms with E-state index in [-0.39, 0.29) is 29.5 Å². The fourth-order valence-electron chi connectivity index (χ4n) is 2.24. The quantitative estimate of drug-likeness (QED) is 0.850. The predicted molar refractivity (Wildman–Crippen MR) is 86.1 cm³/mol. The van der Waals surface area contributed by atoms with Crippen LogP contribution in [0.5, 0.6) is 0 Å². The summed E-state index contributed by atoms with van der Waals surface area (Å²) in [4.78, 5) is 12.3. The van der Waals surface area contributed by atoms with Gasteiger partial charge in [0.15, 0.2) is 0 Å². The van der Waals surface area contributed by atoms with E-state index in [2.05, 4.69) is 10.4 Å². The maximum Gasteiger partial charge on any atom is 0.256 e. The summed E-state index contributed by atoms with van der Waals surface area (Å²) >= 11 is 6.28. The van der Waals surface area contributed by atoms with Crippen LogP contribution in [0.1, 0.15) is 35.0 Å². The van der Waals surface area contributed by atoms with Gasteiger partial charge < -0.3 is 10.4 Å². The summed E-state index contributed by atoms with van der Waals surface area (Å²) < 4.78 is 14.5. The maximum atomic E-state index is 12.9. The third-order valence-electron chi connectivity index (χ3n) is 3.48. The molecule has 5 nitrogen and oxygen atoms in total. The molecule has 1 atom stereocenters. The van der Waals surface area contributed by atoms with Crippen LogP contribution in [0.15, 0.2) is 24.3 Å². The van der Waals surface area contributed by atoms with E-state index >= 15 is 0 Å². The summed E-state index contributed by atoms with van der Waals surface area (Å²) in [6.07, 6.45) is 0.464. The first kappa shape index (κ1) is 17.4. The zero-order valence-corrected chi connectivity index (χ0v) is 13.8. The van der Waals surface area contributed by atoms with Crippen molar-refractivity contribution in [2.75, 3.05) is 6.61 Å². The molecule has 7 heteroatoms. The fourth-order valence-corrected chi connectivity index (χ4v) is 2.56. The van der Waals surface area contributed by atoms with Crippen LogP contribution in [0.4, 0.5) is 4.39 Å². The van der Waals surface area contributed by atoms with Crippen molar-refractivity contribution < 1.29 is 14.3 Å². The molecule has 0 spiro atoms. The van der Waals surface area contributed by atoms with E-state index in [1.807, 2.05) is 0 Å². The second kappa shape index (κ2) is 7.57. The number of carbonyl (C=O) groups is 1. The highest BCUT2D eigenvalue weighted by Crippen LogP contribution is 2.21. The SMILES string of the molecule is Cc1nn(Cc2ccc(F)cc2)c(Cl)c1C(=O)NC(C)CCO. The van der Waals surface area contributed by atoms with E-state index in [0.717, 1.165) is 5.56 Å². The first-order valence-electron chi connectivity index (χ1n) is 7.31. The van der Waals surface area contributed by atoms with Crippen LogP contribution in [-0.2, 0) is 6.54 Å². The van der Waals surface area contributed by atoms with E-state index in [0.29, 0.717) is 24.2 Å². The van der Waals surface area contributed by atoms with Crippen molar-refractivity contribution in [3.05, 3.63) is 52.1 Å². The molecule has 0 saturated carbocycles. The topological polar surface area (TPSA) is 67.2 Å². The number of aliphatic hydroxyl groups is 1. The van der Waals surface area contributed by atoms with Crippen LogP contribution in [0.3, 0.4) is 0 Å². The van der Waals surface area contributed by atoms with Gasteiger partial charge >= 0.3 is 0 Å². The Morgan fingerprint density at radius 1 is 1.43 bits per heavy atom. The fraction of sp³-hybridized carbons (Fsp3) is 0.375. The molecule has 0 bridgehead atoms. The molecule has 2 aromatic rings. The van der Waals surface area contributed by atoms with Gasteiger partial charge in [0.1, 0.15) is 11.0 Å². The smallest absolute Gasteiger partial charge is 0.256 e. The largest absolute Gasteiger partial charge is 0.396 e. The molecule has 0 saturated heterocycles. The molecule has 1 amide bonds. The van der Waals surface area contributed by atoms with Crippen molar-refractivity contribution in [1.29, 1.82) is 0 Å². The second-order valence-electron chi connectivity index (χ2n) is 5.42. The number of rotatable bonds is 6. The van der Waals surface area contributed by atoms with Gasteiger partial charge in [-0.25, -0.2) is 9.07 Å². The number of carbonyl (C=O) groups excluding carboxylic acids is 1. The van der Waals surface area contributed by atoms with Crippen LogP contribution in [0, 0.1) is 12.7 Å². The first-order valence-corrected chi connectivity index (χ1v) is 7.69. The Bertz CT molecular complexity index is 685. The zero-order chi connectivity index (χ0) is 17.0. The summed E-state index contributed by atoms with van der Waals surface area (Å²) in [5.74, 6) is -0.631. The van der Waals surface area contributed by atoms with Crippen molar-refractivity contribution >= 4 is 17.5 Å². The van der Waals surface area contributed by atoms with Gasteiger partial charge in [0.05, 0.1) is 17.8 Å². The van der Waals surface area contributed by atoms with E-state index in [4.69, 9.17) is 16.7 Å². The molecule has 124 valence electrons. The Morgan fingerprint density at radius 2 is 2.09 bits per heavy atom. The van der Waals surface area contributed by atoms with Crippen molar-refractivity contribution in [2.45, 2.75) is 32.9 Å². The molecule has 0 aliphatic heterocycles. The van der Waals surface area contributed by atoms with Gasteiger partial charge in [0, 0.05) is 12.6 Å². The van der Waals surface area contributed by atoms with E-state index < -0.39 is 0 Å². The number of hydrogen-bond acceptors (Lipinski definition) is 3. The molecule has 1 aromatic heterocycles. The highest BCUT2D eigenvalue weighted by atomic mass is 35.5. The van der Waals surface area contributed by atoms with Crippen LogP contribution < -0.4 is 5.32 Å². The van der Waals surface area contributed by atoms with Gasteiger partial charge in [-0.05, 0) is 38.0 Å². The molecule has 23 heavy (non-hydrogen) atoms. The number of amides is 1. The maximum absolute atomic E-state index is 12.9. The Balaban J connectivity index is 2.18. The molecule has 0 aliphatic carbocycles. The minimum atomic E-state index is -0.321. The highest BCUT2D eigenvalue weighted by Gasteiger charge is 2.21. The molecule has 0 fully saturated rings. The lowest BCUT2D eigenvalue weighted by Gasteiger charge is -2.12. The zero-order valence-electron chi connectivity index (χ0n) is 13.0. The Morgan fingerprint density at radius 3 is 2.70 bits per heavy atom. The lowest BCUT2D eigenvalue weighted by atomic mass is 10.2. The summed E-state index contributed by atoms with van der Waals surface area (Å²) in [5.41, 5.74) is 1.67. The molecule has 1 unspecified atom stereocenters. The lowest BCUT2D eigenvalue weighted by Crippen LogP contribution is -2.33. The summed E-state index contributed by atoms with van der Waals surface area (Å²) in [6, 6.07) is 5.86. The highest BCUT2D eigenvalue weighted by molar-refractivity contribution is 6.33. The third kappa shape index (κ3) is 4.30. The van der Waals surface area contributed by atoms with E-state index in [9.17, 15) is 9.18 Å². The average Bonchev–Trinajstić information content (AvgIpc) is 2.76. The number of aliphatic hydroxyl groups excluding tert-OH is 1. The number of hydrogen-bond donors (Lipinski definition) is 2. The number of benzene rings is 1. The summed E-state index contributed by atoms with van der Waals surface area (Å²) in [5, 5.41) is 16.2. The van der Waals surface area contributed by atoms with Gasteiger partial charge in [-0.2, -0.15) is 5.10 Å². The molecule has 1 aromatic carbocycles. The number of halogens is 2. The number of nitrogens with zero attached hydrogens (tertiary/aromatic N) is 2. The standard InChI is InChI=1S/C16H19ClFN3O2/c1-10(7-8-22)19-16(23)14-11(2)20-21(15(14)17)9-12-3-5-13(18)6-4-12/h3-6,10,22H,7-9H2,1-2H3,(H,19,23). The molecular formula is C16H19ClFN3O2. The van der Waals surface area contributed by atoms with Gasteiger partial charge in [-0.1, -0.05) is 23.7 Å². The van der Waals surface area contributed by atoms with Crippen molar-refractivity contribution in [3.63, 3.8) is 0 Å². The average molecular weight is 340 g/mol. The normalized spacial score (nSPS) is 12.2. The van der Waals surface area contributed by atoms with Crippen LogP contribution in [-0.4, -0.2) is 33.4 Å². The number of nitrogens with one attached hydrogen (secondary N) is 1. The second-order valence-corrected chi connectivity index (χ2v) is 5.78. The number of aryl methyl sites for hydroxylation is 1. The van der Waals surface area contributed by atoms with Crippen molar-refractivity contribution in [3.8, 4) is 0 Å². The molecule has 0 aliphatic rings. The Labute approximate surface area is 139 Å².